The van der Waals surface area contributed by atoms with Gasteiger partial charge in [0.2, 0.25) is 0 Å². The predicted octanol–water partition coefficient (Wildman–Crippen LogP) is 2.12. The molecule has 1 rings (SSSR count). The van der Waals surface area contributed by atoms with Crippen LogP contribution in [0.2, 0.25) is 0 Å². The summed E-state index contributed by atoms with van der Waals surface area (Å²) in [4.78, 5) is 2.47. The van der Waals surface area contributed by atoms with Gasteiger partial charge in [-0.05, 0) is 38.8 Å². The quantitative estimate of drug-likeness (QED) is 0.772. The van der Waals surface area contributed by atoms with Crippen LogP contribution >= 0.6 is 0 Å². The Kier molecular flexibility index (Phi) is 5.42. The highest BCUT2D eigenvalue weighted by Gasteiger charge is 2.43. The van der Waals surface area contributed by atoms with Gasteiger partial charge in [-0.3, -0.25) is 4.90 Å². The molecule has 0 amide bonds. The van der Waals surface area contributed by atoms with Crippen LogP contribution in [0.5, 0.6) is 0 Å². The van der Waals surface area contributed by atoms with Crippen LogP contribution in [0.4, 0.5) is 0 Å². The normalized spacial score (nSPS) is 29.8. The lowest BCUT2D eigenvalue weighted by molar-refractivity contribution is 0.0629. The molecule has 0 aromatic heterocycles. The summed E-state index contributed by atoms with van der Waals surface area (Å²) in [6, 6.07) is 1.24. The minimum absolute atomic E-state index is 0.311. The third kappa shape index (κ3) is 3.67. The maximum atomic E-state index is 5.37. The predicted molar refractivity (Wildman–Crippen MR) is 73.4 cm³/mol. The number of likely N-dealkylation sites (N-methyl/N-ethyl adjacent to an activating group) is 2. The van der Waals surface area contributed by atoms with E-state index in [1.54, 1.807) is 7.11 Å². The van der Waals surface area contributed by atoms with Crippen LogP contribution in [0, 0.1) is 5.41 Å². The average molecular weight is 242 g/mol. The second kappa shape index (κ2) is 6.17. The van der Waals surface area contributed by atoms with Gasteiger partial charge in [-0.2, -0.15) is 0 Å². The second-order valence-electron chi connectivity index (χ2n) is 6.12. The maximum absolute atomic E-state index is 5.37. The number of nitrogens with one attached hydrogen (secondary N) is 1. The molecule has 1 fully saturated rings. The van der Waals surface area contributed by atoms with E-state index in [1.807, 2.05) is 0 Å². The molecule has 3 unspecified atom stereocenters. The molecule has 1 saturated carbocycles. The van der Waals surface area contributed by atoms with Gasteiger partial charge in [-0.25, -0.2) is 0 Å². The summed E-state index contributed by atoms with van der Waals surface area (Å²) in [6.45, 7) is 11.2. The van der Waals surface area contributed by atoms with Gasteiger partial charge in [0, 0.05) is 25.7 Å². The fourth-order valence-electron chi connectivity index (χ4n) is 3.09. The number of hydrogen-bond acceptors (Lipinski definition) is 3. The van der Waals surface area contributed by atoms with Crippen molar-refractivity contribution in [2.75, 3.05) is 27.2 Å². The molecule has 3 nitrogen and oxygen atoms in total. The molecule has 0 aliphatic heterocycles. The summed E-state index contributed by atoms with van der Waals surface area (Å²) in [7, 11) is 4.02. The monoisotopic (exact) mass is 242 g/mol. The SMILES string of the molecule is CCNC1C(N(C)CC(C)OC)CCC1(C)C. The Morgan fingerprint density at radius 1 is 1.47 bits per heavy atom. The zero-order valence-corrected chi connectivity index (χ0v) is 12.4. The van der Waals surface area contributed by atoms with Crippen molar-refractivity contribution in [2.24, 2.45) is 5.41 Å². The first kappa shape index (κ1) is 14.9. The number of hydrogen-bond donors (Lipinski definition) is 1. The van der Waals surface area contributed by atoms with Crippen molar-refractivity contribution in [1.29, 1.82) is 0 Å². The smallest absolute Gasteiger partial charge is 0.0670 e. The first-order chi connectivity index (χ1) is 7.92. The summed E-state index contributed by atoms with van der Waals surface area (Å²) in [5, 5.41) is 3.67. The average Bonchev–Trinajstić information content (AvgIpc) is 2.55. The lowest BCUT2D eigenvalue weighted by atomic mass is 9.86. The van der Waals surface area contributed by atoms with Gasteiger partial charge in [0.1, 0.15) is 0 Å². The summed E-state index contributed by atoms with van der Waals surface area (Å²) >= 11 is 0. The molecule has 0 bridgehead atoms. The highest BCUT2D eigenvalue weighted by atomic mass is 16.5. The first-order valence-electron chi connectivity index (χ1n) is 6.88. The highest BCUT2D eigenvalue weighted by molar-refractivity contribution is 5.00. The summed E-state index contributed by atoms with van der Waals surface area (Å²) in [6.07, 6.45) is 2.91. The minimum atomic E-state index is 0.311. The topological polar surface area (TPSA) is 24.5 Å². The lowest BCUT2D eigenvalue weighted by Crippen LogP contribution is -2.51. The fourth-order valence-corrected chi connectivity index (χ4v) is 3.09. The highest BCUT2D eigenvalue weighted by Crippen LogP contribution is 2.39. The van der Waals surface area contributed by atoms with E-state index in [2.05, 4.69) is 45.0 Å². The van der Waals surface area contributed by atoms with Crippen LogP contribution in [0.3, 0.4) is 0 Å². The van der Waals surface area contributed by atoms with E-state index in [4.69, 9.17) is 4.74 Å². The third-order valence-corrected chi connectivity index (χ3v) is 4.25. The molecule has 3 heteroatoms. The second-order valence-corrected chi connectivity index (χ2v) is 6.12. The molecule has 0 radical (unpaired) electrons. The third-order valence-electron chi connectivity index (χ3n) is 4.25. The van der Waals surface area contributed by atoms with E-state index in [9.17, 15) is 0 Å². The lowest BCUT2D eigenvalue weighted by Gasteiger charge is -2.36. The molecule has 0 aromatic rings. The van der Waals surface area contributed by atoms with E-state index in [0.717, 1.165) is 13.1 Å². The zero-order valence-electron chi connectivity index (χ0n) is 12.4. The molecule has 1 aliphatic carbocycles. The molecule has 3 atom stereocenters. The van der Waals surface area contributed by atoms with Crippen LogP contribution in [0.25, 0.3) is 0 Å². The summed E-state index contributed by atoms with van der Waals surface area (Å²) < 4.78 is 5.37. The summed E-state index contributed by atoms with van der Waals surface area (Å²) in [5.74, 6) is 0. The number of ether oxygens (including phenoxy) is 1. The van der Waals surface area contributed by atoms with Gasteiger partial charge in [0.25, 0.3) is 0 Å². The van der Waals surface area contributed by atoms with E-state index < -0.39 is 0 Å². The molecule has 1 aliphatic rings. The number of rotatable bonds is 6. The Morgan fingerprint density at radius 3 is 2.65 bits per heavy atom. The standard InChI is InChI=1S/C14H30N2O/c1-7-15-13-12(8-9-14(13,3)4)16(5)10-11(2)17-6/h11-13,15H,7-10H2,1-6H3. The Hall–Kier alpha value is -0.120. The van der Waals surface area contributed by atoms with Gasteiger partial charge in [-0.15, -0.1) is 0 Å². The largest absolute Gasteiger partial charge is 0.380 e. The van der Waals surface area contributed by atoms with Crippen LogP contribution < -0.4 is 5.32 Å². The molecule has 0 spiro atoms. The maximum Gasteiger partial charge on any atom is 0.0670 e. The van der Waals surface area contributed by atoms with Crippen molar-refractivity contribution in [3.05, 3.63) is 0 Å². The molecular weight excluding hydrogens is 212 g/mol. The first-order valence-corrected chi connectivity index (χ1v) is 6.88. The van der Waals surface area contributed by atoms with Gasteiger partial charge in [0.05, 0.1) is 6.10 Å². The van der Waals surface area contributed by atoms with Gasteiger partial charge in [-0.1, -0.05) is 20.8 Å². The molecule has 102 valence electrons. The van der Waals surface area contributed by atoms with E-state index in [0.29, 0.717) is 23.6 Å². The van der Waals surface area contributed by atoms with Crippen molar-refractivity contribution in [3.8, 4) is 0 Å². The van der Waals surface area contributed by atoms with E-state index >= 15 is 0 Å². The van der Waals surface area contributed by atoms with Crippen molar-refractivity contribution in [2.45, 2.75) is 58.7 Å². The van der Waals surface area contributed by atoms with Gasteiger partial charge in [0.15, 0.2) is 0 Å². The minimum Gasteiger partial charge on any atom is -0.380 e. The zero-order chi connectivity index (χ0) is 13.1. The molecule has 0 saturated heterocycles. The van der Waals surface area contributed by atoms with Crippen LogP contribution in [-0.4, -0.2) is 50.3 Å². The number of nitrogens with zero attached hydrogens (tertiary/aromatic N) is 1. The van der Waals surface area contributed by atoms with Crippen molar-refractivity contribution in [3.63, 3.8) is 0 Å². The molecule has 17 heavy (non-hydrogen) atoms. The van der Waals surface area contributed by atoms with Gasteiger partial charge >= 0.3 is 0 Å². The fraction of sp³-hybridized carbons (Fsp3) is 1.00. The Bertz CT molecular complexity index is 230. The van der Waals surface area contributed by atoms with Crippen molar-refractivity contribution >= 4 is 0 Å². The van der Waals surface area contributed by atoms with Crippen LogP contribution in [-0.2, 0) is 4.74 Å². The van der Waals surface area contributed by atoms with Crippen LogP contribution in [0.15, 0.2) is 0 Å². The molecular formula is C14H30N2O. The molecule has 0 aromatic carbocycles. The summed E-state index contributed by atoms with van der Waals surface area (Å²) in [5.41, 5.74) is 0.408. The molecule has 1 N–H and O–H groups in total. The van der Waals surface area contributed by atoms with E-state index in [-0.39, 0.29) is 0 Å². The number of methoxy groups -OCH3 is 1. The van der Waals surface area contributed by atoms with Crippen molar-refractivity contribution in [1.82, 2.24) is 10.2 Å². The van der Waals surface area contributed by atoms with Crippen LogP contribution in [0.1, 0.15) is 40.5 Å². The Labute approximate surface area is 107 Å². The Morgan fingerprint density at radius 2 is 2.12 bits per heavy atom. The Balaban J connectivity index is 2.62. The van der Waals surface area contributed by atoms with Crippen molar-refractivity contribution < 1.29 is 4.74 Å². The van der Waals surface area contributed by atoms with E-state index in [1.165, 1.54) is 12.8 Å². The molecule has 0 heterocycles. The van der Waals surface area contributed by atoms with Gasteiger partial charge < -0.3 is 10.1 Å².